The van der Waals surface area contributed by atoms with Crippen molar-refractivity contribution in [2.75, 3.05) is 5.88 Å². The molecule has 0 fully saturated rings. The van der Waals surface area contributed by atoms with E-state index in [-0.39, 0.29) is 3.92 Å². The highest BCUT2D eigenvalue weighted by atomic mass is 127. The molecule has 0 heterocycles. The summed E-state index contributed by atoms with van der Waals surface area (Å²) in [6.07, 6.45) is 1.69. The van der Waals surface area contributed by atoms with Gasteiger partial charge in [-0.1, -0.05) is 22.6 Å². The fourth-order valence-corrected chi connectivity index (χ4v) is 1.09. The van der Waals surface area contributed by atoms with Gasteiger partial charge in [0, 0.05) is 5.88 Å². The van der Waals surface area contributed by atoms with Crippen LogP contribution < -0.4 is 0 Å². The predicted molar refractivity (Wildman–Crippen MR) is 39.2 cm³/mol. The molecule has 0 spiro atoms. The second kappa shape index (κ2) is 4.84. The largest absolute Gasteiger partial charge is 0.302 e. The summed E-state index contributed by atoms with van der Waals surface area (Å²) in [6, 6.07) is 0. The molecule has 1 nitrogen and oxygen atoms in total. The van der Waals surface area contributed by atoms with Crippen LogP contribution in [0, 0.1) is 0 Å². The monoisotopic (exact) mass is 232 g/mol. The lowest BCUT2D eigenvalue weighted by molar-refractivity contribution is -0.107. The summed E-state index contributed by atoms with van der Waals surface area (Å²) in [5, 5.41) is 0. The molecule has 0 saturated carbocycles. The van der Waals surface area contributed by atoms with Gasteiger partial charge < -0.3 is 4.79 Å². The minimum Gasteiger partial charge on any atom is -0.302 e. The van der Waals surface area contributed by atoms with E-state index in [1.807, 2.05) is 0 Å². The second-order valence-corrected chi connectivity index (χ2v) is 3.11. The van der Waals surface area contributed by atoms with E-state index in [9.17, 15) is 4.79 Å². The molecule has 0 aliphatic heterocycles. The van der Waals surface area contributed by atoms with Crippen molar-refractivity contribution in [3.63, 3.8) is 0 Å². The van der Waals surface area contributed by atoms with Crippen LogP contribution in [0.15, 0.2) is 0 Å². The third kappa shape index (κ3) is 4.55. The topological polar surface area (TPSA) is 17.1 Å². The van der Waals surface area contributed by atoms with Crippen LogP contribution in [-0.4, -0.2) is 16.1 Å². The summed E-state index contributed by atoms with van der Waals surface area (Å²) in [5.74, 6) is 0.576. The maximum absolute atomic E-state index is 9.83. The van der Waals surface area contributed by atoms with Crippen molar-refractivity contribution in [1.82, 2.24) is 0 Å². The van der Waals surface area contributed by atoms with Crippen LogP contribution in [0.2, 0.25) is 0 Å². The molecule has 0 bridgehead atoms. The van der Waals surface area contributed by atoms with Gasteiger partial charge in [0.2, 0.25) is 0 Å². The number of aldehydes is 1. The SMILES string of the molecule is O=CC(I)CCCl. The summed E-state index contributed by atoms with van der Waals surface area (Å²) in [5.41, 5.74) is 0. The standard InChI is InChI=1S/C4H6ClIO/c5-2-1-4(6)3-7/h3-4H,1-2H2. The Morgan fingerprint density at radius 1 is 1.86 bits per heavy atom. The average molecular weight is 232 g/mol. The van der Waals surface area contributed by atoms with Gasteiger partial charge in [-0.3, -0.25) is 0 Å². The summed E-state index contributed by atoms with van der Waals surface area (Å²) in [4.78, 5) is 9.83. The van der Waals surface area contributed by atoms with Gasteiger partial charge in [0.15, 0.2) is 0 Å². The Labute approximate surface area is 61.6 Å². The summed E-state index contributed by atoms with van der Waals surface area (Å²) in [7, 11) is 0. The van der Waals surface area contributed by atoms with E-state index in [2.05, 4.69) is 22.6 Å². The van der Waals surface area contributed by atoms with Gasteiger partial charge in [0.1, 0.15) is 6.29 Å². The molecular formula is C4H6ClIO. The minimum atomic E-state index is 0.107. The predicted octanol–water partition coefficient (Wildman–Crippen LogP) is 1.62. The van der Waals surface area contributed by atoms with Crippen LogP contribution in [0.1, 0.15) is 6.42 Å². The number of hydrogen-bond acceptors (Lipinski definition) is 1. The van der Waals surface area contributed by atoms with E-state index in [1.54, 1.807) is 0 Å². The Morgan fingerprint density at radius 3 is 2.57 bits per heavy atom. The van der Waals surface area contributed by atoms with Gasteiger partial charge in [-0.2, -0.15) is 0 Å². The molecular weight excluding hydrogens is 226 g/mol. The third-order valence-electron chi connectivity index (χ3n) is 0.533. The van der Waals surface area contributed by atoms with Crippen molar-refractivity contribution in [3.8, 4) is 0 Å². The van der Waals surface area contributed by atoms with Crippen molar-refractivity contribution in [3.05, 3.63) is 0 Å². The number of rotatable bonds is 3. The fourth-order valence-electron chi connectivity index (χ4n) is 0.172. The Hall–Kier alpha value is 0.690. The van der Waals surface area contributed by atoms with Gasteiger partial charge in [-0.05, 0) is 6.42 Å². The van der Waals surface area contributed by atoms with Gasteiger partial charge in [-0.15, -0.1) is 11.6 Å². The highest BCUT2D eigenvalue weighted by Gasteiger charge is 1.96. The molecule has 1 atom stereocenters. The number of alkyl halides is 2. The molecule has 0 aromatic carbocycles. The first-order chi connectivity index (χ1) is 3.31. The molecule has 0 aliphatic carbocycles. The normalized spacial score (nSPS) is 13.4. The number of hydrogen-bond donors (Lipinski definition) is 0. The highest BCUT2D eigenvalue weighted by molar-refractivity contribution is 14.1. The fraction of sp³-hybridized carbons (Fsp3) is 0.750. The van der Waals surface area contributed by atoms with E-state index in [4.69, 9.17) is 11.6 Å². The lowest BCUT2D eigenvalue weighted by Crippen LogP contribution is -1.97. The third-order valence-corrected chi connectivity index (χ3v) is 1.67. The first-order valence-corrected chi connectivity index (χ1v) is 3.74. The summed E-state index contributed by atoms with van der Waals surface area (Å²) in [6.45, 7) is 0. The maximum Gasteiger partial charge on any atom is 0.132 e. The molecule has 3 heteroatoms. The zero-order valence-electron chi connectivity index (χ0n) is 3.73. The first-order valence-electron chi connectivity index (χ1n) is 1.96. The van der Waals surface area contributed by atoms with Gasteiger partial charge >= 0.3 is 0 Å². The highest BCUT2D eigenvalue weighted by Crippen LogP contribution is 2.02. The van der Waals surface area contributed by atoms with Crippen LogP contribution >= 0.6 is 34.2 Å². The van der Waals surface area contributed by atoms with E-state index in [0.717, 1.165) is 12.7 Å². The second-order valence-electron chi connectivity index (χ2n) is 1.13. The van der Waals surface area contributed by atoms with E-state index in [0.29, 0.717) is 5.88 Å². The van der Waals surface area contributed by atoms with Crippen molar-refractivity contribution in [1.29, 1.82) is 0 Å². The minimum absolute atomic E-state index is 0.107. The molecule has 0 saturated heterocycles. The van der Waals surface area contributed by atoms with Crippen molar-refractivity contribution in [2.45, 2.75) is 10.3 Å². The van der Waals surface area contributed by atoms with Gasteiger partial charge in [-0.25, -0.2) is 0 Å². The summed E-state index contributed by atoms with van der Waals surface area (Å²) >= 11 is 7.36. The Kier molecular flexibility index (Phi) is 5.32. The van der Waals surface area contributed by atoms with Crippen LogP contribution in [-0.2, 0) is 4.79 Å². The Morgan fingerprint density at radius 2 is 2.43 bits per heavy atom. The van der Waals surface area contributed by atoms with Crippen molar-refractivity contribution >= 4 is 40.5 Å². The molecule has 0 aromatic rings. The lowest BCUT2D eigenvalue weighted by atomic mass is 10.4. The Bertz CT molecular complexity index is 57.7. The lowest BCUT2D eigenvalue weighted by Gasteiger charge is -1.91. The molecule has 1 unspecified atom stereocenters. The van der Waals surface area contributed by atoms with E-state index < -0.39 is 0 Å². The zero-order valence-corrected chi connectivity index (χ0v) is 6.65. The van der Waals surface area contributed by atoms with Crippen LogP contribution in [0.4, 0.5) is 0 Å². The van der Waals surface area contributed by atoms with Crippen molar-refractivity contribution < 1.29 is 4.79 Å². The van der Waals surface area contributed by atoms with Gasteiger partial charge in [0.05, 0.1) is 3.92 Å². The number of carbonyl (C=O) groups excluding carboxylic acids is 1. The Balaban J connectivity index is 2.98. The van der Waals surface area contributed by atoms with Crippen LogP contribution in [0.5, 0.6) is 0 Å². The molecule has 0 aliphatic rings. The maximum atomic E-state index is 9.83. The van der Waals surface area contributed by atoms with Gasteiger partial charge in [0.25, 0.3) is 0 Å². The van der Waals surface area contributed by atoms with E-state index in [1.165, 1.54) is 0 Å². The smallest absolute Gasteiger partial charge is 0.132 e. The molecule has 0 amide bonds. The molecule has 0 N–H and O–H groups in total. The molecule has 42 valence electrons. The van der Waals surface area contributed by atoms with Crippen LogP contribution in [0.3, 0.4) is 0 Å². The van der Waals surface area contributed by atoms with Crippen molar-refractivity contribution in [2.24, 2.45) is 0 Å². The molecule has 0 radical (unpaired) electrons. The molecule has 0 aromatic heterocycles. The molecule has 7 heavy (non-hydrogen) atoms. The number of carbonyl (C=O) groups is 1. The van der Waals surface area contributed by atoms with E-state index >= 15 is 0 Å². The zero-order chi connectivity index (χ0) is 5.70. The summed E-state index contributed by atoms with van der Waals surface area (Å²) < 4.78 is 0.107. The molecule has 0 rings (SSSR count). The first kappa shape index (κ1) is 7.69. The number of halogens is 2. The average Bonchev–Trinajstić information content (AvgIpc) is 1.68. The van der Waals surface area contributed by atoms with Crippen LogP contribution in [0.25, 0.3) is 0 Å². The quantitative estimate of drug-likeness (QED) is 0.410.